The van der Waals surface area contributed by atoms with E-state index in [1.54, 1.807) is 37.4 Å². The predicted octanol–water partition coefficient (Wildman–Crippen LogP) is 2.36. The summed E-state index contributed by atoms with van der Waals surface area (Å²) in [4.78, 5) is 11.8. The summed E-state index contributed by atoms with van der Waals surface area (Å²) in [5, 5.41) is 12.7. The topological polar surface area (TPSA) is 69.8 Å². The van der Waals surface area contributed by atoms with Gasteiger partial charge < -0.3 is 10.6 Å². The van der Waals surface area contributed by atoms with Gasteiger partial charge in [0, 0.05) is 23.8 Å². The minimum atomic E-state index is -0.249. The highest BCUT2D eigenvalue weighted by atomic mass is 35.5. The number of amides is 1. The van der Waals surface area contributed by atoms with Crippen molar-refractivity contribution in [1.82, 2.24) is 10.2 Å². The summed E-state index contributed by atoms with van der Waals surface area (Å²) in [6, 6.07) is 8.52. The third-order valence-corrected chi connectivity index (χ3v) is 2.43. The SMILES string of the molecule is CNc1cc(C(=O)Nc2ccc(Cl)cc2)[nH]n1. The minimum absolute atomic E-state index is 0.249. The molecule has 0 aliphatic carbocycles. The molecule has 0 unspecified atom stereocenters. The summed E-state index contributed by atoms with van der Waals surface area (Å²) in [5.41, 5.74) is 1.07. The molecule has 1 amide bonds. The number of halogens is 1. The van der Waals surface area contributed by atoms with Crippen molar-refractivity contribution in [2.45, 2.75) is 0 Å². The second kappa shape index (κ2) is 4.88. The van der Waals surface area contributed by atoms with E-state index in [1.807, 2.05) is 0 Å². The number of benzene rings is 1. The number of aromatic amines is 1. The summed E-state index contributed by atoms with van der Waals surface area (Å²) in [6.07, 6.45) is 0. The molecule has 0 fully saturated rings. The molecule has 0 saturated heterocycles. The Hall–Kier alpha value is -2.01. The van der Waals surface area contributed by atoms with E-state index in [0.29, 0.717) is 22.2 Å². The van der Waals surface area contributed by atoms with Gasteiger partial charge in [-0.05, 0) is 24.3 Å². The van der Waals surface area contributed by atoms with E-state index < -0.39 is 0 Å². The monoisotopic (exact) mass is 250 g/mol. The van der Waals surface area contributed by atoms with Crippen molar-refractivity contribution >= 4 is 29.0 Å². The van der Waals surface area contributed by atoms with Crippen molar-refractivity contribution in [2.75, 3.05) is 17.7 Å². The number of anilines is 2. The van der Waals surface area contributed by atoms with E-state index in [2.05, 4.69) is 20.8 Å². The Morgan fingerprint density at radius 1 is 1.35 bits per heavy atom. The Morgan fingerprint density at radius 2 is 2.06 bits per heavy atom. The molecule has 0 spiro atoms. The van der Waals surface area contributed by atoms with Crippen LogP contribution in [0.3, 0.4) is 0 Å². The number of aromatic nitrogens is 2. The molecule has 0 bridgehead atoms. The molecule has 2 rings (SSSR count). The first-order valence-corrected chi connectivity index (χ1v) is 5.37. The summed E-state index contributed by atoms with van der Waals surface area (Å²) in [7, 11) is 1.73. The standard InChI is InChI=1S/C11H11ClN4O/c1-13-10-6-9(15-16-10)11(17)14-8-4-2-7(12)3-5-8/h2-6H,1H3,(H,14,17)(H2,13,15,16). The lowest BCUT2D eigenvalue weighted by Gasteiger charge is -2.02. The molecular formula is C11H11ClN4O. The maximum Gasteiger partial charge on any atom is 0.273 e. The fourth-order valence-electron chi connectivity index (χ4n) is 1.30. The van der Waals surface area contributed by atoms with Crippen LogP contribution in [-0.4, -0.2) is 23.2 Å². The van der Waals surface area contributed by atoms with Crippen molar-refractivity contribution in [3.63, 3.8) is 0 Å². The lowest BCUT2D eigenvalue weighted by Crippen LogP contribution is -2.12. The largest absolute Gasteiger partial charge is 0.372 e. The first-order valence-electron chi connectivity index (χ1n) is 4.99. The first kappa shape index (κ1) is 11.5. The van der Waals surface area contributed by atoms with Crippen LogP contribution in [0.2, 0.25) is 5.02 Å². The van der Waals surface area contributed by atoms with Crippen molar-refractivity contribution < 1.29 is 4.79 Å². The van der Waals surface area contributed by atoms with Crippen LogP contribution in [0, 0.1) is 0 Å². The van der Waals surface area contributed by atoms with E-state index in [1.165, 1.54) is 0 Å². The maximum atomic E-state index is 11.8. The van der Waals surface area contributed by atoms with Gasteiger partial charge in [-0.15, -0.1) is 0 Å². The molecule has 17 heavy (non-hydrogen) atoms. The fourth-order valence-corrected chi connectivity index (χ4v) is 1.42. The molecule has 1 aromatic heterocycles. The second-order valence-electron chi connectivity index (χ2n) is 3.38. The third-order valence-electron chi connectivity index (χ3n) is 2.18. The van der Waals surface area contributed by atoms with Gasteiger partial charge in [0.15, 0.2) is 0 Å². The zero-order valence-electron chi connectivity index (χ0n) is 9.12. The molecular weight excluding hydrogens is 240 g/mol. The molecule has 6 heteroatoms. The van der Waals surface area contributed by atoms with Gasteiger partial charge in [0.05, 0.1) is 0 Å². The van der Waals surface area contributed by atoms with Crippen LogP contribution in [0.25, 0.3) is 0 Å². The number of hydrogen-bond acceptors (Lipinski definition) is 3. The Bertz CT molecular complexity index is 521. The summed E-state index contributed by atoms with van der Waals surface area (Å²) in [5.74, 6) is 0.368. The molecule has 5 nitrogen and oxygen atoms in total. The van der Waals surface area contributed by atoms with Crippen molar-refractivity contribution in [3.8, 4) is 0 Å². The molecule has 0 saturated carbocycles. The van der Waals surface area contributed by atoms with E-state index in [4.69, 9.17) is 11.6 Å². The first-order chi connectivity index (χ1) is 8.19. The summed E-state index contributed by atoms with van der Waals surface area (Å²) < 4.78 is 0. The van der Waals surface area contributed by atoms with E-state index in [9.17, 15) is 4.79 Å². The smallest absolute Gasteiger partial charge is 0.273 e. The quantitative estimate of drug-likeness (QED) is 0.783. The molecule has 0 aliphatic heterocycles. The van der Waals surface area contributed by atoms with Crippen molar-refractivity contribution in [2.24, 2.45) is 0 Å². The molecule has 1 heterocycles. The van der Waals surface area contributed by atoms with Gasteiger partial charge in [0.25, 0.3) is 5.91 Å². The number of nitrogens with zero attached hydrogens (tertiary/aromatic N) is 1. The van der Waals surface area contributed by atoms with Crippen LogP contribution in [0.4, 0.5) is 11.5 Å². The molecule has 1 aromatic carbocycles. The molecule has 0 aliphatic rings. The number of nitrogens with one attached hydrogen (secondary N) is 3. The molecule has 0 radical (unpaired) electrons. The Labute approximate surface area is 103 Å². The Balaban J connectivity index is 2.08. The number of carbonyl (C=O) groups is 1. The van der Waals surface area contributed by atoms with Gasteiger partial charge in [0.2, 0.25) is 0 Å². The Kier molecular flexibility index (Phi) is 3.30. The van der Waals surface area contributed by atoms with Crippen LogP contribution >= 0.6 is 11.6 Å². The van der Waals surface area contributed by atoms with E-state index >= 15 is 0 Å². The molecule has 3 N–H and O–H groups in total. The maximum absolute atomic E-state index is 11.8. The number of rotatable bonds is 3. The minimum Gasteiger partial charge on any atom is -0.372 e. The van der Waals surface area contributed by atoms with Gasteiger partial charge in [-0.1, -0.05) is 11.6 Å². The normalized spacial score (nSPS) is 10.0. The average Bonchev–Trinajstić information content (AvgIpc) is 2.81. The van der Waals surface area contributed by atoms with Crippen molar-refractivity contribution in [3.05, 3.63) is 41.0 Å². The zero-order chi connectivity index (χ0) is 12.3. The Morgan fingerprint density at radius 3 is 2.65 bits per heavy atom. The van der Waals surface area contributed by atoms with Crippen LogP contribution in [-0.2, 0) is 0 Å². The highest BCUT2D eigenvalue weighted by molar-refractivity contribution is 6.30. The molecule has 2 aromatic rings. The van der Waals surface area contributed by atoms with Crippen LogP contribution in [0.5, 0.6) is 0 Å². The van der Waals surface area contributed by atoms with Crippen molar-refractivity contribution in [1.29, 1.82) is 0 Å². The summed E-state index contributed by atoms with van der Waals surface area (Å²) >= 11 is 5.75. The van der Waals surface area contributed by atoms with Gasteiger partial charge in [0.1, 0.15) is 11.5 Å². The lowest BCUT2D eigenvalue weighted by atomic mass is 10.3. The highest BCUT2D eigenvalue weighted by Gasteiger charge is 2.09. The second-order valence-corrected chi connectivity index (χ2v) is 3.81. The van der Waals surface area contributed by atoms with E-state index in [0.717, 1.165) is 0 Å². The zero-order valence-corrected chi connectivity index (χ0v) is 9.88. The van der Waals surface area contributed by atoms with Crippen LogP contribution in [0.1, 0.15) is 10.5 Å². The summed E-state index contributed by atoms with van der Waals surface area (Å²) in [6.45, 7) is 0. The predicted molar refractivity (Wildman–Crippen MR) is 67.5 cm³/mol. The van der Waals surface area contributed by atoms with E-state index in [-0.39, 0.29) is 5.91 Å². The van der Waals surface area contributed by atoms with Gasteiger partial charge in [-0.25, -0.2) is 0 Å². The molecule has 0 atom stereocenters. The highest BCUT2D eigenvalue weighted by Crippen LogP contribution is 2.14. The number of carbonyl (C=O) groups excluding carboxylic acids is 1. The lowest BCUT2D eigenvalue weighted by molar-refractivity contribution is 0.102. The average molecular weight is 251 g/mol. The number of hydrogen-bond donors (Lipinski definition) is 3. The fraction of sp³-hybridized carbons (Fsp3) is 0.0909. The third kappa shape index (κ3) is 2.76. The van der Waals surface area contributed by atoms with Crippen LogP contribution < -0.4 is 10.6 Å². The number of H-pyrrole nitrogens is 1. The van der Waals surface area contributed by atoms with Crippen LogP contribution in [0.15, 0.2) is 30.3 Å². The van der Waals surface area contributed by atoms with Gasteiger partial charge in [-0.2, -0.15) is 5.10 Å². The van der Waals surface area contributed by atoms with Gasteiger partial charge >= 0.3 is 0 Å². The van der Waals surface area contributed by atoms with Gasteiger partial charge in [-0.3, -0.25) is 9.89 Å². The molecule has 88 valence electrons.